The summed E-state index contributed by atoms with van der Waals surface area (Å²) in [6.45, 7) is 0.962. The zero-order valence-corrected chi connectivity index (χ0v) is 8.95. The molecular formula is C7H7F9O3. The van der Waals surface area contributed by atoms with Gasteiger partial charge < -0.3 is 5.11 Å². The van der Waals surface area contributed by atoms with Crippen LogP contribution in [0.15, 0.2) is 0 Å². The van der Waals surface area contributed by atoms with Crippen LogP contribution in [0, 0.1) is 0 Å². The van der Waals surface area contributed by atoms with Gasteiger partial charge in [0.2, 0.25) is 0 Å². The van der Waals surface area contributed by atoms with Crippen LogP contribution in [0.25, 0.3) is 0 Å². The molecule has 0 fully saturated rings. The molecule has 116 valence electrons. The highest BCUT2D eigenvalue weighted by Gasteiger charge is 2.77. The predicted octanol–water partition coefficient (Wildman–Crippen LogP) is 3.09. The number of hydrogen-bond donors (Lipinski definition) is 1. The molecule has 12 heteroatoms. The second-order valence-corrected chi connectivity index (χ2v) is 3.14. The second-order valence-electron chi connectivity index (χ2n) is 3.14. The smallest absolute Gasteiger partial charge is 0.368 e. The van der Waals surface area contributed by atoms with Gasteiger partial charge in [0.05, 0.1) is 0 Å². The van der Waals surface area contributed by atoms with Crippen molar-refractivity contribution < 1.29 is 54.1 Å². The van der Waals surface area contributed by atoms with E-state index in [-0.39, 0.29) is 0 Å². The molecule has 0 radical (unpaired) electrons. The summed E-state index contributed by atoms with van der Waals surface area (Å²) in [5.74, 6) is -6.66. The standard InChI is InChI=1S/C7H7F9O3/c1-2-3(17)18-5(10,11)4(8,9)6(12,13)19-7(14,15)16/h3,17H,2H2,1H3. The van der Waals surface area contributed by atoms with Crippen LogP contribution in [-0.2, 0) is 9.47 Å². The highest BCUT2D eigenvalue weighted by atomic mass is 19.4. The Hall–Kier alpha value is -0.750. The molecular weight excluding hydrogens is 303 g/mol. The SMILES string of the molecule is CCC(O)OC(F)(F)C(F)(F)C(F)(F)OC(F)(F)F. The van der Waals surface area contributed by atoms with E-state index in [4.69, 9.17) is 5.11 Å². The summed E-state index contributed by atoms with van der Waals surface area (Å²) < 4.78 is 114. The molecule has 0 bridgehead atoms. The van der Waals surface area contributed by atoms with E-state index < -0.39 is 37.2 Å². The van der Waals surface area contributed by atoms with E-state index in [1.54, 1.807) is 4.74 Å². The first-order chi connectivity index (χ1) is 8.16. The molecule has 0 amide bonds. The van der Waals surface area contributed by atoms with E-state index in [1.165, 1.54) is 0 Å². The normalized spacial score (nSPS) is 16.6. The Morgan fingerprint density at radius 3 is 1.63 bits per heavy atom. The van der Waals surface area contributed by atoms with Gasteiger partial charge in [0.15, 0.2) is 6.29 Å². The lowest BCUT2D eigenvalue weighted by Crippen LogP contribution is -2.58. The lowest BCUT2D eigenvalue weighted by molar-refractivity contribution is -0.513. The van der Waals surface area contributed by atoms with Crippen molar-refractivity contribution in [2.24, 2.45) is 0 Å². The first-order valence-electron chi connectivity index (χ1n) is 4.42. The summed E-state index contributed by atoms with van der Waals surface area (Å²) in [6, 6.07) is 0. The highest BCUT2D eigenvalue weighted by Crippen LogP contribution is 2.49. The van der Waals surface area contributed by atoms with Crippen molar-refractivity contribution in [3.05, 3.63) is 0 Å². The van der Waals surface area contributed by atoms with Crippen LogP contribution in [0.2, 0.25) is 0 Å². The van der Waals surface area contributed by atoms with Crippen LogP contribution in [0.4, 0.5) is 39.5 Å². The van der Waals surface area contributed by atoms with Gasteiger partial charge in [-0.25, -0.2) is 4.74 Å². The number of ether oxygens (including phenoxy) is 2. The minimum absolute atomic E-state index is 0.697. The molecule has 0 aromatic heterocycles. The summed E-state index contributed by atoms with van der Waals surface area (Å²) in [6.07, 6.45) is -22.2. The predicted molar refractivity (Wildman–Crippen MR) is 39.4 cm³/mol. The summed E-state index contributed by atoms with van der Waals surface area (Å²) in [7, 11) is 0. The maximum Gasteiger partial charge on any atom is 0.527 e. The lowest BCUT2D eigenvalue weighted by atomic mass is 10.3. The van der Waals surface area contributed by atoms with E-state index in [9.17, 15) is 39.5 Å². The molecule has 1 atom stereocenters. The van der Waals surface area contributed by atoms with Crippen LogP contribution in [0.5, 0.6) is 0 Å². The molecule has 1 N–H and O–H groups in total. The molecule has 0 aromatic rings. The van der Waals surface area contributed by atoms with Crippen LogP contribution in [0.1, 0.15) is 13.3 Å². The summed E-state index contributed by atoms with van der Waals surface area (Å²) in [4.78, 5) is 0. The number of aliphatic hydroxyl groups excluding tert-OH is 1. The van der Waals surface area contributed by atoms with Gasteiger partial charge in [0.25, 0.3) is 0 Å². The Balaban J connectivity index is 5.22. The molecule has 0 saturated carbocycles. The van der Waals surface area contributed by atoms with Gasteiger partial charge in [-0.1, -0.05) is 6.92 Å². The quantitative estimate of drug-likeness (QED) is 0.605. The Morgan fingerprint density at radius 1 is 0.895 bits per heavy atom. The fraction of sp³-hybridized carbons (Fsp3) is 1.00. The number of alkyl halides is 9. The average Bonchev–Trinajstić information content (AvgIpc) is 2.12. The topological polar surface area (TPSA) is 38.7 Å². The van der Waals surface area contributed by atoms with Crippen molar-refractivity contribution in [2.45, 2.75) is 44.1 Å². The van der Waals surface area contributed by atoms with Crippen molar-refractivity contribution in [2.75, 3.05) is 0 Å². The number of aliphatic hydroxyl groups is 1. The minimum atomic E-state index is -6.66. The Kier molecular flexibility index (Phi) is 5.11. The molecule has 0 aliphatic heterocycles. The Labute approximate surface area is 99.4 Å². The number of halogens is 9. The van der Waals surface area contributed by atoms with Gasteiger partial charge in [-0.3, -0.25) is 4.74 Å². The fourth-order valence-electron chi connectivity index (χ4n) is 0.707. The molecule has 3 nitrogen and oxygen atoms in total. The molecule has 19 heavy (non-hydrogen) atoms. The van der Waals surface area contributed by atoms with Gasteiger partial charge >= 0.3 is 24.5 Å². The fourth-order valence-corrected chi connectivity index (χ4v) is 0.707. The molecule has 1 unspecified atom stereocenters. The first kappa shape index (κ1) is 18.2. The van der Waals surface area contributed by atoms with Gasteiger partial charge in [-0.05, 0) is 6.42 Å². The van der Waals surface area contributed by atoms with Crippen molar-refractivity contribution >= 4 is 0 Å². The number of hydrogen-bond acceptors (Lipinski definition) is 3. The third kappa shape index (κ3) is 4.38. The Morgan fingerprint density at radius 2 is 1.32 bits per heavy atom. The summed E-state index contributed by atoms with van der Waals surface area (Å²) in [5, 5.41) is 8.51. The zero-order chi connectivity index (χ0) is 15.7. The van der Waals surface area contributed by atoms with Crippen molar-refractivity contribution in [1.82, 2.24) is 0 Å². The van der Waals surface area contributed by atoms with Crippen molar-refractivity contribution in [3.8, 4) is 0 Å². The second kappa shape index (κ2) is 5.32. The van der Waals surface area contributed by atoms with Crippen LogP contribution in [-0.4, -0.2) is 35.9 Å². The Bertz CT molecular complexity index is 301. The van der Waals surface area contributed by atoms with Gasteiger partial charge in [0.1, 0.15) is 0 Å². The van der Waals surface area contributed by atoms with Gasteiger partial charge in [-0.2, -0.15) is 26.3 Å². The third-order valence-corrected chi connectivity index (χ3v) is 1.61. The zero-order valence-electron chi connectivity index (χ0n) is 8.95. The average molecular weight is 310 g/mol. The number of rotatable bonds is 6. The lowest BCUT2D eigenvalue weighted by Gasteiger charge is -2.32. The molecule has 0 saturated heterocycles. The monoisotopic (exact) mass is 310 g/mol. The molecule has 0 heterocycles. The molecule has 0 aliphatic rings. The van der Waals surface area contributed by atoms with E-state index >= 15 is 0 Å². The maximum absolute atomic E-state index is 12.7. The van der Waals surface area contributed by atoms with Crippen LogP contribution in [0.3, 0.4) is 0 Å². The van der Waals surface area contributed by atoms with Gasteiger partial charge in [0, 0.05) is 0 Å². The summed E-state index contributed by atoms with van der Waals surface area (Å²) >= 11 is 0. The van der Waals surface area contributed by atoms with Crippen molar-refractivity contribution in [1.29, 1.82) is 0 Å². The van der Waals surface area contributed by atoms with Crippen LogP contribution >= 0.6 is 0 Å². The molecule has 0 spiro atoms. The van der Waals surface area contributed by atoms with E-state index in [0.29, 0.717) is 0 Å². The van der Waals surface area contributed by atoms with Crippen LogP contribution < -0.4 is 0 Å². The van der Waals surface area contributed by atoms with E-state index in [2.05, 4.69) is 4.74 Å². The van der Waals surface area contributed by atoms with E-state index in [0.717, 1.165) is 6.92 Å². The first-order valence-corrected chi connectivity index (χ1v) is 4.42. The third-order valence-electron chi connectivity index (χ3n) is 1.61. The summed E-state index contributed by atoms with van der Waals surface area (Å²) in [5.41, 5.74) is 0. The minimum Gasteiger partial charge on any atom is -0.368 e. The van der Waals surface area contributed by atoms with E-state index in [1.807, 2.05) is 0 Å². The molecule has 0 aromatic carbocycles. The van der Waals surface area contributed by atoms with Crippen molar-refractivity contribution in [3.63, 3.8) is 0 Å². The maximum atomic E-state index is 12.7. The molecule has 0 rings (SSSR count). The highest BCUT2D eigenvalue weighted by molar-refractivity contribution is 4.86. The van der Waals surface area contributed by atoms with Gasteiger partial charge in [-0.15, -0.1) is 13.2 Å². The molecule has 0 aliphatic carbocycles. The largest absolute Gasteiger partial charge is 0.527 e.